The average Bonchev–Trinajstić information content (AvgIpc) is 2.83. The highest BCUT2D eigenvalue weighted by molar-refractivity contribution is 5.96. The van der Waals surface area contributed by atoms with E-state index in [9.17, 15) is 0 Å². The largest absolute Gasteiger partial charge is 0.354 e. The molecule has 0 atom stereocenters. The average molecular weight is 231 g/mol. The molecule has 0 radical (unpaired) electrons. The predicted octanol–water partition coefficient (Wildman–Crippen LogP) is 2.49. The van der Waals surface area contributed by atoms with Crippen molar-refractivity contribution >= 4 is 11.6 Å². The summed E-state index contributed by atoms with van der Waals surface area (Å²) in [5.41, 5.74) is 5.37. The molecule has 3 heteroatoms. The van der Waals surface area contributed by atoms with Crippen LogP contribution in [0.25, 0.3) is 0 Å². The molecule has 0 unspecified atom stereocenters. The van der Waals surface area contributed by atoms with E-state index in [1.54, 1.807) is 0 Å². The molecule has 2 rings (SSSR count). The van der Waals surface area contributed by atoms with Crippen LogP contribution < -0.4 is 10.6 Å². The van der Waals surface area contributed by atoms with Gasteiger partial charge in [0, 0.05) is 12.2 Å². The molecule has 0 aliphatic carbocycles. The maximum Gasteiger partial charge on any atom is 0.195 e. The highest BCUT2D eigenvalue weighted by Gasteiger charge is 2.12. The van der Waals surface area contributed by atoms with Gasteiger partial charge in [0.15, 0.2) is 5.96 Å². The van der Waals surface area contributed by atoms with Crippen molar-refractivity contribution in [3.63, 3.8) is 0 Å². The second-order valence-electron chi connectivity index (χ2n) is 4.38. The lowest BCUT2D eigenvalue weighted by Gasteiger charge is -2.17. The molecule has 1 aliphatic rings. The minimum atomic E-state index is 0.872. The van der Waals surface area contributed by atoms with Gasteiger partial charge in [-0.2, -0.15) is 0 Å². The van der Waals surface area contributed by atoms with Gasteiger partial charge in [-0.1, -0.05) is 26.0 Å². The minimum absolute atomic E-state index is 0.872. The Kier molecular flexibility index (Phi) is 3.67. The molecule has 1 aliphatic heterocycles. The van der Waals surface area contributed by atoms with Crippen LogP contribution in [0.4, 0.5) is 5.69 Å². The molecule has 3 nitrogen and oxygen atoms in total. The van der Waals surface area contributed by atoms with Crippen LogP contribution in [0.15, 0.2) is 17.1 Å². The highest BCUT2D eigenvalue weighted by Crippen LogP contribution is 2.26. The Hall–Kier alpha value is -1.51. The van der Waals surface area contributed by atoms with Crippen LogP contribution in [0, 0.1) is 6.92 Å². The summed E-state index contributed by atoms with van der Waals surface area (Å²) < 4.78 is 0. The number of aryl methyl sites for hydroxylation is 2. The van der Waals surface area contributed by atoms with Crippen molar-refractivity contribution < 1.29 is 0 Å². The molecule has 0 saturated heterocycles. The zero-order chi connectivity index (χ0) is 12.3. The molecule has 0 bridgehead atoms. The van der Waals surface area contributed by atoms with E-state index in [0.717, 1.165) is 31.9 Å². The zero-order valence-electron chi connectivity index (χ0n) is 10.9. The van der Waals surface area contributed by atoms with Gasteiger partial charge in [0.25, 0.3) is 0 Å². The van der Waals surface area contributed by atoms with Gasteiger partial charge in [-0.3, -0.25) is 4.99 Å². The summed E-state index contributed by atoms with van der Waals surface area (Å²) in [4.78, 5) is 4.41. The number of hydrogen-bond acceptors (Lipinski definition) is 3. The number of anilines is 1. The van der Waals surface area contributed by atoms with Gasteiger partial charge in [-0.15, -0.1) is 0 Å². The number of nitrogens with zero attached hydrogens (tertiary/aromatic N) is 1. The van der Waals surface area contributed by atoms with E-state index in [-0.39, 0.29) is 0 Å². The first kappa shape index (κ1) is 12.0. The van der Waals surface area contributed by atoms with Gasteiger partial charge in [-0.25, -0.2) is 0 Å². The van der Waals surface area contributed by atoms with Crippen LogP contribution in [0.2, 0.25) is 0 Å². The summed E-state index contributed by atoms with van der Waals surface area (Å²) in [7, 11) is 0. The van der Waals surface area contributed by atoms with Crippen molar-refractivity contribution in [3.05, 3.63) is 28.8 Å². The van der Waals surface area contributed by atoms with Crippen molar-refractivity contribution in [1.82, 2.24) is 5.32 Å². The molecule has 1 heterocycles. The van der Waals surface area contributed by atoms with E-state index in [1.165, 1.54) is 22.4 Å². The van der Waals surface area contributed by atoms with Gasteiger partial charge >= 0.3 is 0 Å². The van der Waals surface area contributed by atoms with E-state index in [1.807, 2.05) is 0 Å². The smallest absolute Gasteiger partial charge is 0.195 e. The molecular weight excluding hydrogens is 210 g/mol. The van der Waals surface area contributed by atoms with Crippen LogP contribution in [0.3, 0.4) is 0 Å². The normalized spacial score (nSPS) is 14.4. The first-order valence-electron chi connectivity index (χ1n) is 6.43. The number of nitrogens with one attached hydrogen (secondary N) is 2. The van der Waals surface area contributed by atoms with Crippen LogP contribution >= 0.6 is 0 Å². The van der Waals surface area contributed by atoms with Gasteiger partial charge in [0.2, 0.25) is 0 Å². The molecular formula is C14H21N3. The van der Waals surface area contributed by atoms with Gasteiger partial charge in [-0.05, 0) is 36.5 Å². The molecule has 0 aromatic heterocycles. The summed E-state index contributed by atoms with van der Waals surface area (Å²) in [6.07, 6.45) is 2.10. The first-order chi connectivity index (χ1) is 8.26. The Morgan fingerprint density at radius 3 is 2.71 bits per heavy atom. The van der Waals surface area contributed by atoms with Crippen molar-refractivity contribution in [2.24, 2.45) is 4.99 Å². The second-order valence-corrected chi connectivity index (χ2v) is 4.38. The molecule has 0 spiro atoms. The lowest BCUT2D eigenvalue weighted by Crippen LogP contribution is -2.27. The van der Waals surface area contributed by atoms with Crippen LogP contribution in [-0.2, 0) is 12.8 Å². The molecule has 17 heavy (non-hydrogen) atoms. The van der Waals surface area contributed by atoms with E-state index >= 15 is 0 Å². The maximum atomic E-state index is 4.41. The fourth-order valence-corrected chi connectivity index (χ4v) is 2.31. The summed E-state index contributed by atoms with van der Waals surface area (Å²) in [6, 6.07) is 4.43. The topological polar surface area (TPSA) is 36.4 Å². The Balaban J connectivity index is 2.37. The van der Waals surface area contributed by atoms with Gasteiger partial charge in [0.05, 0.1) is 6.54 Å². The number of rotatable bonds is 3. The van der Waals surface area contributed by atoms with Gasteiger partial charge < -0.3 is 10.6 Å². The monoisotopic (exact) mass is 231 g/mol. The number of hydrogen-bond donors (Lipinski definition) is 2. The highest BCUT2D eigenvalue weighted by atomic mass is 15.2. The third-order valence-electron chi connectivity index (χ3n) is 3.29. The molecule has 1 aromatic carbocycles. The third kappa shape index (κ3) is 2.43. The lowest BCUT2D eigenvalue weighted by molar-refractivity contribution is 0.958. The van der Waals surface area contributed by atoms with Gasteiger partial charge in [0.1, 0.15) is 0 Å². The predicted molar refractivity (Wildman–Crippen MR) is 73.9 cm³/mol. The van der Waals surface area contributed by atoms with E-state index < -0.39 is 0 Å². The van der Waals surface area contributed by atoms with Crippen LogP contribution in [0.1, 0.15) is 30.5 Å². The molecule has 1 aromatic rings. The maximum absolute atomic E-state index is 4.41. The minimum Gasteiger partial charge on any atom is -0.354 e. The molecule has 92 valence electrons. The molecule has 2 N–H and O–H groups in total. The van der Waals surface area contributed by atoms with E-state index in [0.29, 0.717) is 0 Å². The number of benzene rings is 1. The standard InChI is InChI=1S/C14H21N3/c1-4-11-7-6-10(3)12(5-2)13(11)17-14-15-8-9-16-14/h6-7H,4-5,8-9H2,1-3H3,(H2,15,16,17). The van der Waals surface area contributed by atoms with Crippen LogP contribution in [-0.4, -0.2) is 19.0 Å². The zero-order valence-corrected chi connectivity index (χ0v) is 10.9. The fourth-order valence-electron chi connectivity index (χ4n) is 2.31. The Labute approximate surface area is 103 Å². The van der Waals surface area contributed by atoms with E-state index in [2.05, 4.69) is 48.5 Å². The Morgan fingerprint density at radius 1 is 1.29 bits per heavy atom. The fraction of sp³-hybridized carbons (Fsp3) is 0.500. The summed E-state index contributed by atoms with van der Waals surface area (Å²) in [5.74, 6) is 0.917. The Morgan fingerprint density at radius 2 is 2.12 bits per heavy atom. The number of guanidine groups is 1. The summed E-state index contributed by atoms with van der Waals surface area (Å²) >= 11 is 0. The summed E-state index contributed by atoms with van der Waals surface area (Å²) in [6.45, 7) is 8.39. The lowest BCUT2D eigenvalue weighted by atomic mass is 9.98. The van der Waals surface area contributed by atoms with Crippen molar-refractivity contribution in [2.75, 3.05) is 18.4 Å². The first-order valence-corrected chi connectivity index (χ1v) is 6.43. The molecule has 0 saturated carbocycles. The van der Waals surface area contributed by atoms with E-state index in [4.69, 9.17) is 0 Å². The van der Waals surface area contributed by atoms with Crippen LogP contribution in [0.5, 0.6) is 0 Å². The second kappa shape index (κ2) is 5.21. The quantitative estimate of drug-likeness (QED) is 0.838. The van der Waals surface area contributed by atoms with Crippen molar-refractivity contribution in [3.8, 4) is 0 Å². The summed E-state index contributed by atoms with van der Waals surface area (Å²) in [5, 5.41) is 6.73. The van der Waals surface area contributed by atoms with Crippen molar-refractivity contribution in [1.29, 1.82) is 0 Å². The molecule has 0 fully saturated rings. The third-order valence-corrected chi connectivity index (χ3v) is 3.29. The Bertz CT molecular complexity index is 435. The SMILES string of the molecule is CCc1ccc(C)c(CC)c1NC1=NCCN1. The number of aliphatic imine (C=N–C) groups is 1. The molecule has 0 amide bonds. The van der Waals surface area contributed by atoms with Crippen molar-refractivity contribution in [2.45, 2.75) is 33.6 Å².